The molecule has 0 atom stereocenters. The van der Waals surface area contributed by atoms with Gasteiger partial charge in [-0.2, -0.15) is 0 Å². The number of amides is 2. The average Bonchev–Trinajstić information content (AvgIpc) is 3.01. The standard InChI is InChI=1S/C35H31Cl2N3O3/c1-22-31(34(41)38-29-15-9-7-13-27(29)36)33(25-17-19-26(43-3)20-18-25)32(35(42)39-30-16-10-8-14-28(30)37)23(2)40(22)21-24-11-5-4-6-12-24/h4-20,33H,21H2,1-3H3,(H,38,41)(H,39,42). The fraction of sp³-hybridized carbons (Fsp3) is 0.143. The second-order valence-corrected chi connectivity index (χ2v) is 11.0. The first-order valence-electron chi connectivity index (χ1n) is 13.8. The van der Waals surface area contributed by atoms with Crippen LogP contribution in [0.1, 0.15) is 30.9 Å². The topological polar surface area (TPSA) is 70.7 Å². The van der Waals surface area contributed by atoms with Gasteiger partial charge in [0.15, 0.2) is 0 Å². The van der Waals surface area contributed by atoms with Crippen molar-refractivity contribution < 1.29 is 14.3 Å². The minimum atomic E-state index is -0.706. The zero-order chi connectivity index (χ0) is 30.5. The first-order chi connectivity index (χ1) is 20.8. The molecular weight excluding hydrogens is 581 g/mol. The molecule has 2 amide bonds. The van der Waals surface area contributed by atoms with Gasteiger partial charge >= 0.3 is 0 Å². The lowest BCUT2D eigenvalue weighted by Crippen LogP contribution is -2.37. The molecule has 0 radical (unpaired) electrons. The van der Waals surface area contributed by atoms with Crippen LogP contribution in [0.3, 0.4) is 0 Å². The molecule has 4 aromatic carbocycles. The second kappa shape index (κ2) is 13.2. The third-order valence-electron chi connectivity index (χ3n) is 7.53. The van der Waals surface area contributed by atoms with Crippen LogP contribution in [0, 0.1) is 0 Å². The molecule has 43 heavy (non-hydrogen) atoms. The number of halogens is 2. The van der Waals surface area contributed by atoms with E-state index in [1.54, 1.807) is 55.6 Å². The van der Waals surface area contributed by atoms with Crippen molar-refractivity contribution >= 4 is 46.4 Å². The normalized spacial score (nSPS) is 13.7. The third kappa shape index (κ3) is 6.46. The molecule has 0 spiro atoms. The number of hydrogen-bond acceptors (Lipinski definition) is 4. The van der Waals surface area contributed by atoms with Crippen molar-refractivity contribution in [1.29, 1.82) is 0 Å². The van der Waals surface area contributed by atoms with Gasteiger partial charge in [0, 0.05) is 35.0 Å². The summed E-state index contributed by atoms with van der Waals surface area (Å²) in [5, 5.41) is 6.81. The number of carbonyl (C=O) groups is 2. The van der Waals surface area contributed by atoms with Crippen LogP contribution in [0.2, 0.25) is 10.0 Å². The number of allylic oxidation sites excluding steroid dienone is 2. The molecular formula is C35H31Cl2N3O3. The quantitative estimate of drug-likeness (QED) is 0.210. The number of hydrogen-bond donors (Lipinski definition) is 2. The summed E-state index contributed by atoms with van der Waals surface area (Å²) in [6, 6.07) is 31.5. The average molecular weight is 613 g/mol. The van der Waals surface area contributed by atoms with E-state index in [1.165, 1.54) is 0 Å². The molecule has 0 bridgehead atoms. The number of anilines is 2. The Labute approximate surface area is 261 Å². The minimum Gasteiger partial charge on any atom is -0.497 e. The summed E-state index contributed by atoms with van der Waals surface area (Å²) in [7, 11) is 1.59. The monoisotopic (exact) mass is 611 g/mol. The number of carbonyl (C=O) groups excluding carboxylic acids is 2. The van der Waals surface area contributed by atoms with Gasteiger partial charge in [0.1, 0.15) is 5.75 Å². The summed E-state index contributed by atoms with van der Waals surface area (Å²) < 4.78 is 5.40. The van der Waals surface area contributed by atoms with E-state index in [4.69, 9.17) is 27.9 Å². The van der Waals surface area contributed by atoms with Crippen LogP contribution >= 0.6 is 23.2 Å². The van der Waals surface area contributed by atoms with Crippen LogP contribution in [0.15, 0.2) is 126 Å². The number of nitrogens with zero attached hydrogens (tertiary/aromatic N) is 1. The van der Waals surface area contributed by atoms with Crippen LogP contribution in [0.25, 0.3) is 0 Å². The molecule has 6 nitrogen and oxygen atoms in total. The highest BCUT2D eigenvalue weighted by Crippen LogP contribution is 2.44. The second-order valence-electron chi connectivity index (χ2n) is 10.1. The number of benzene rings is 4. The number of nitrogens with one attached hydrogen (secondary N) is 2. The van der Waals surface area contributed by atoms with Crippen molar-refractivity contribution in [1.82, 2.24) is 4.90 Å². The van der Waals surface area contributed by atoms with Gasteiger partial charge < -0.3 is 20.3 Å². The van der Waals surface area contributed by atoms with Gasteiger partial charge in [-0.15, -0.1) is 0 Å². The molecule has 0 aliphatic carbocycles. The number of rotatable bonds is 8. The fourth-order valence-electron chi connectivity index (χ4n) is 5.33. The van der Waals surface area contributed by atoms with Crippen molar-refractivity contribution in [2.75, 3.05) is 17.7 Å². The molecule has 0 unspecified atom stereocenters. The Balaban J connectivity index is 1.68. The van der Waals surface area contributed by atoms with Crippen LogP contribution in [-0.2, 0) is 16.1 Å². The van der Waals surface area contributed by atoms with Gasteiger partial charge in [-0.25, -0.2) is 0 Å². The van der Waals surface area contributed by atoms with Crippen molar-refractivity contribution in [2.45, 2.75) is 26.3 Å². The van der Waals surface area contributed by atoms with Gasteiger partial charge in [0.05, 0.1) is 28.5 Å². The van der Waals surface area contributed by atoms with Gasteiger partial charge in [-0.05, 0) is 61.4 Å². The Morgan fingerprint density at radius 2 is 1.16 bits per heavy atom. The molecule has 8 heteroatoms. The summed E-state index contributed by atoms with van der Waals surface area (Å²) >= 11 is 12.9. The fourth-order valence-corrected chi connectivity index (χ4v) is 5.70. The molecule has 0 aromatic heterocycles. The molecule has 0 saturated heterocycles. The Morgan fingerprint density at radius 1 is 0.698 bits per heavy atom. The summed E-state index contributed by atoms with van der Waals surface area (Å²) in [5.74, 6) is -0.765. The predicted molar refractivity (Wildman–Crippen MR) is 173 cm³/mol. The minimum absolute atomic E-state index is 0.361. The highest BCUT2D eigenvalue weighted by atomic mass is 35.5. The lowest BCUT2D eigenvalue weighted by atomic mass is 9.78. The first kappa shape index (κ1) is 30.0. The van der Waals surface area contributed by atoms with E-state index in [0.717, 1.165) is 22.5 Å². The largest absolute Gasteiger partial charge is 0.497 e. The third-order valence-corrected chi connectivity index (χ3v) is 8.19. The molecule has 5 rings (SSSR count). The van der Waals surface area contributed by atoms with E-state index >= 15 is 0 Å². The van der Waals surface area contributed by atoms with E-state index in [1.807, 2.05) is 73.3 Å². The van der Waals surface area contributed by atoms with Crippen molar-refractivity contribution in [3.05, 3.63) is 147 Å². The van der Waals surface area contributed by atoms with Crippen molar-refractivity contribution in [2.24, 2.45) is 0 Å². The van der Waals surface area contributed by atoms with Crippen LogP contribution in [0.5, 0.6) is 5.75 Å². The van der Waals surface area contributed by atoms with E-state index in [2.05, 4.69) is 10.6 Å². The zero-order valence-corrected chi connectivity index (χ0v) is 25.5. The van der Waals surface area contributed by atoms with Gasteiger partial charge in [-0.3, -0.25) is 9.59 Å². The van der Waals surface area contributed by atoms with E-state index in [9.17, 15) is 9.59 Å². The molecule has 1 heterocycles. The molecule has 0 fully saturated rings. The SMILES string of the molecule is COc1ccc(C2C(C(=O)Nc3ccccc3Cl)=C(C)N(Cc3ccccc3)C(C)=C2C(=O)Nc2ccccc2Cl)cc1. The van der Waals surface area contributed by atoms with Gasteiger partial charge in [0.25, 0.3) is 11.8 Å². The summed E-state index contributed by atoms with van der Waals surface area (Å²) in [6.07, 6.45) is 0. The van der Waals surface area contributed by atoms with Crippen molar-refractivity contribution in [3.63, 3.8) is 0 Å². The maximum Gasteiger partial charge on any atom is 0.254 e. The summed E-state index contributed by atoms with van der Waals surface area (Å²) in [6.45, 7) is 4.28. The van der Waals surface area contributed by atoms with Gasteiger partial charge in [0.2, 0.25) is 0 Å². The maximum atomic E-state index is 14.3. The Bertz CT molecular complexity index is 1630. The Hall–Kier alpha value is -4.52. The molecule has 4 aromatic rings. The molecule has 2 N–H and O–H groups in total. The molecule has 1 aliphatic heterocycles. The highest BCUT2D eigenvalue weighted by molar-refractivity contribution is 6.34. The molecule has 1 aliphatic rings. The first-order valence-corrected chi connectivity index (χ1v) is 14.5. The Morgan fingerprint density at radius 3 is 1.63 bits per heavy atom. The zero-order valence-electron chi connectivity index (χ0n) is 24.0. The number of methoxy groups -OCH3 is 1. The van der Waals surface area contributed by atoms with E-state index in [-0.39, 0.29) is 11.8 Å². The lowest BCUT2D eigenvalue weighted by Gasteiger charge is -2.39. The molecule has 0 saturated carbocycles. The summed E-state index contributed by atoms with van der Waals surface area (Å²) in [5.41, 5.74) is 5.04. The highest BCUT2D eigenvalue weighted by Gasteiger charge is 2.39. The van der Waals surface area contributed by atoms with Gasteiger partial charge in [-0.1, -0.05) is 89.9 Å². The van der Waals surface area contributed by atoms with E-state index < -0.39 is 5.92 Å². The predicted octanol–water partition coefficient (Wildman–Crippen LogP) is 8.43. The van der Waals surface area contributed by atoms with Crippen LogP contribution < -0.4 is 15.4 Å². The number of para-hydroxylation sites is 2. The maximum absolute atomic E-state index is 14.3. The summed E-state index contributed by atoms with van der Waals surface area (Å²) in [4.78, 5) is 30.5. The molecule has 218 valence electrons. The van der Waals surface area contributed by atoms with E-state index in [0.29, 0.717) is 44.9 Å². The lowest BCUT2D eigenvalue weighted by molar-refractivity contribution is -0.113. The Kier molecular flexibility index (Phi) is 9.19. The van der Waals surface area contributed by atoms with Crippen LogP contribution in [0.4, 0.5) is 11.4 Å². The smallest absolute Gasteiger partial charge is 0.254 e. The number of ether oxygens (including phenoxy) is 1. The van der Waals surface area contributed by atoms with Crippen LogP contribution in [-0.4, -0.2) is 23.8 Å². The van der Waals surface area contributed by atoms with Crippen molar-refractivity contribution in [3.8, 4) is 5.75 Å².